The average Bonchev–Trinajstić information content (AvgIpc) is 2.32. The van der Waals surface area contributed by atoms with Gasteiger partial charge in [-0.3, -0.25) is 0 Å². The summed E-state index contributed by atoms with van der Waals surface area (Å²) in [6.07, 6.45) is 2.43. The number of nitrogens with two attached hydrogens (primary N) is 2. The van der Waals surface area contributed by atoms with Crippen molar-refractivity contribution < 1.29 is 0 Å². The van der Waals surface area contributed by atoms with Crippen LogP contribution in [0.3, 0.4) is 0 Å². The molecule has 1 unspecified atom stereocenters. The maximum absolute atomic E-state index is 5.74. The molecule has 0 radical (unpaired) electrons. The van der Waals surface area contributed by atoms with Gasteiger partial charge in [0.1, 0.15) is 11.6 Å². The van der Waals surface area contributed by atoms with E-state index in [1.165, 1.54) is 19.4 Å². The summed E-state index contributed by atoms with van der Waals surface area (Å²) in [7, 11) is 4.23. The van der Waals surface area contributed by atoms with Crippen LogP contribution in [-0.4, -0.2) is 43.1 Å². The Morgan fingerprint density at radius 1 is 1.41 bits per heavy atom. The van der Waals surface area contributed by atoms with Gasteiger partial charge < -0.3 is 21.3 Å². The second kappa shape index (κ2) is 4.79. The molecular formula is C12H21N5. The second-order valence-corrected chi connectivity index (χ2v) is 4.81. The van der Waals surface area contributed by atoms with Crippen LogP contribution in [0.15, 0.2) is 12.1 Å². The lowest BCUT2D eigenvalue weighted by atomic mass is 10.1. The number of hydrogen-bond donors (Lipinski definition) is 2. The van der Waals surface area contributed by atoms with Crippen LogP contribution in [0.4, 0.5) is 17.3 Å². The van der Waals surface area contributed by atoms with Crippen molar-refractivity contribution in [2.75, 3.05) is 43.6 Å². The van der Waals surface area contributed by atoms with E-state index in [9.17, 15) is 0 Å². The SMILES string of the molecule is CN1CCCC(N(C)c2ccc(N)c(N)n2)C1. The molecule has 2 heterocycles. The maximum atomic E-state index is 5.74. The van der Waals surface area contributed by atoms with Crippen LogP contribution in [0.2, 0.25) is 0 Å². The molecule has 0 bridgehead atoms. The van der Waals surface area contributed by atoms with E-state index in [0.717, 1.165) is 12.4 Å². The van der Waals surface area contributed by atoms with Crippen molar-refractivity contribution in [2.24, 2.45) is 0 Å². The number of hydrogen-bond acceptors (Lipinski definition) is 5. The summed E-state index contributed by atoms with van der Waals surface area (Å²) in [5.41, 5.74) is 12.0. The molecule has 0 aliphatic carbocycles. The Morgan fingerprint density at radius 3 is 2.82 bits per heavy atom. The zero-order valence-corrected chi connectivity index (χ0v) is 10.6. The number of anilines is 3. The molecular weight excluding hydrogens is 214 g/mol. The fourth-order valence-corrected chi connectivity index (χ4v) is 2.31. The molecule has 1 saturated heterocycles. The molecule has 1 aromatic heterocycles. The molecule has 4 N–H and O–H groups in total. The molecule has 1 aliphatic heterocycles. The number of piperidine rings is 1. The van der Waals surface area contributed by atoms with Crippen molar-refractivity contribution >= 4 is 17.3 Å². The Hall–Kier alpha value is -1.49. The first kappa shape index (κ1) is 12.0. The first-order valence-corrected chi connectivity index (χ1v) is 6.01. The number of pyridine rings is 1. The highest BCUT2D eigenvalue weighted by molar-refractivity contribution is 5.62. The van der Waals surface area contributed by atoms with E-state index in [-0.39, 0.29) is 0 Å². The van der Waals surface area contributed by atoms with Crippen molar-refractivity contribution in [3.63, 3.8) is 0 Å². The van der Waals surface area contributed by atoms with Gasteiger partial charge in [-0.25, -0.2) is 4.98 Å². The molecule has 1 atom stereocenters. The third kappa shape index (κ3) is 2.61. The van der Waals surface area contributed by atoms with Crippen molar-refractivity contribution in [3.05, 3.63) is 12.1 Å². The Morgan fingerprint density at radius 2 is 2.18 bits per heavy atom. The first-order valence-electron chi connectivity index (χ1n) is 6.01. The molecule has 0 spiro atoms. The van der Waals surface area contributed by atoms with Crippen LogP contribution in [-0.2, 0) is 0 Å². The van der Waals surface area contributed by atoms with E-state index in [2.05, 4.69) is 28.9 Å². The van der Waals surface area contributed by atoms with Gasteiger partial charge in [-0.05, 0) is 38.6 Å². The lowest BCUT2D eigenvalue weighted by molar-refractivity contribution is 0.247. The Kier molecular flexibility index (Phi) is 3.38. The van der Waals surface area contributed by atoms with Gasteiger partial charge in [0.25, 0.3) is 0 Å². The summed E-state index contributed by atoms with van der Waals surface area (Å²) >= 11 is 0. The highest BCUT2D eigenvalue weighted by Crippen LogP contribution is 2.22. The fraction of sp³-hybridized carbons (Fsp3) is 0.583. The standard InChI is InChI=1S/C12H21N5/c1-16-7-3-4-9(8-16)17(2)11-6-5-10(13)12(14)15-11/h5-6,9H,3-4,7-8,13H2,1-2H3,(H2,14,15). The lowest BCUT2D eigenvalue weighted by Gasteiger charge is -2.36. The number of nitrogen functional groups attached to an aromatic ring is 2. The quantitative estimate of drug-likeness (QED) is 0.792. The van der Waals surface area contributed by atoms with Crippen LogP contribution in [0.25, 0.3) is 0 Å². The summed E-state index contributed by atoms with van der Waals surface area (Å²) in [6, 6.07) is 4.25. The molecule has 94 valence electrons. The van der Waals surface area contributed by atoms with Crippen LogP contribution >= 0.6 is 0 Å². The van der Waals surface area contributed by atoms with E-state index in [1.807, 2.05) is 12.1 Å². The van der Waals surface area contributed by atoms with Gasteiger partial charge in [0.15, 0.2) is 0 Å². The summed E-state index contributed by atoms with van der Waals surface area (Å²) in [6.45, 7) is 2.25. The van der Waals surface area contributed by atoms with Crippen LogP contribution in [0, 0.1) is 0 Å². The van der Waals surface area contributed by atoms with E-state index in [4.69, 9.17) is 11.5 Å². The molecule has 5 nitrogen and oxygen atoms in total. The number of likely N-dealkylation sites (tertiary alicyclic amines) is 1. The number of nitrogens with zero attached hydrogens (tertiary/aromatic N) is 3. The van der Waals surface area contributed by atoms with Crippen LogP contribution in [0.1, 0.15) is 12.8 Å². The molecule has 17 heavy (non-hydrogen) atoms. The van der Waals surface area contributed by atoms with Crippen molar-refractivity contribution in [1.29, 1.82) is 0 Å². The normalized spacial score (nSPS) is 21.4. The molecule has 1 fully saturated rings. The molecule has 1 aliphatic rings. The smallest absolute Gasteiger partial charge is 0.149 e. The number of likely N-dealkylation sites (N-methyl/N-ethyl adjacent to an activating group) is 2. The minimum atomic E-state index is 0.415. The van der Waals surface area contributed by atoms with Crippen LogP contribution in [0.5, 0.6) is 0 Å². The molecule has 0 amide bonds. The minimum absolute atomic E-state index is 0.415. The molecule has 2 rings (SSSR count). The largest absolute Gasteiger partial charge is 0.396 e. The van der Waals surface area contributed by atoms with Gasteiger partial charge in [0, 0.05) is 19.6 Å². The summed E-state index contributed by atoms with van der Waals surface area (Å²) in [4.78, 5) is 8.89. The van der Waals surface area contributed by atoms with E-state index in [1.54, 1.807) is 0 Å². The zero-order chi connectivity index (χ0) is 12.4. The van der Waals surface area contributed by atoms with Crippen LogP contribution < -0.4 is 16.4 Å². The Labute approximate surface area is 102 Å². The van der Waals surface area contributed by atoms with Crippen molar-refractivity contribution in [3.8, 4) is 0 Å². The highest BCUT2D eigenvalue weighted by atomic mass is 15.2. The van der Waals surface area contributed by atoms with Gasteiger partial charge in [-0.2, -0.15) is 0 Å². The third-order valence-corrected chi connectivity index (χ3v) is 3.45. The third-order valence-electron chi connectivity index (χ3n) is 3.45. The summed E-state index contributed by atoms with van der Waals surface area (Å²) in [5, 5.41) is 0. The average molecular weight is 235 g/mol. The maximum Gasteiger partial charge on any atom is 0.149 e. The van der Waals surface area contributed by atoms with Gasteiger partial charge >= 0.3 is 0 Å². The van der Waals surface area contributed by atoms with Gasteiger partial charge in [0.05, 0.1) is 5.69 Å². The first-order chi connectivity index (χ1) is 8.08. The monoisotopic (exact) mass is 235 g/mol. The number of rotatable bonds is 2. The van der Waals surface area contributed by atoms with Crippen molar-refractivity contribution in [1.82, 2.24) is 9.88 Å². The lowest BCUT2D eigenvalue weighted by Crippen LogP contribution is -2.45. The zero-order valence-electron chi connectivity index (χ0n) is 10.6. The molecule has 1 aromatic rings. The topological polar surface area (TPSA) is 71.4 Å². The number of aromatic nitrogens is 1. The summed E-state index contributed by atoms with van der Waals surface area (Å²) in [5.74, 6) is 1.32. The molecule has 0 aromatic carbocycles. The predicted molar refractivity (Wildman–Crippen MR) is 72.0 cm³/mol. The molecule has 5 heteroatoms. The molecule has 0 saturated carbocycles. The second-order valence-electron chi connectivity index (χ2n) is 4.81. The Bertz CT molecular complexity index is 392. The Balaban J connectivity index is 2.12. The predicted octanol–water partition coefficient (Wildman–Crippen LogP) is 0.776. The summed E-state index contributed by atoms with van der Waals surface area (Å²) < 4.78 is 0. The van der Waals surface area contributed by atoms with E-state index < -0.39 is 0 Å². The van der Waals surface area contributed by atoms with E-state index in [0.29, 0.717) is 17.5 Å². The van der Waals surface area contributed by atoms with Gasteiger partial charge in [0.2, 0.25) is 0 Å². The fourth-order valence-electron chi connectivity index (χ4n) is 2.31. The highest BCUT2D eigenvalue weighted by Gasteiger charge is 2.22. The van der Waals surface area contributed by atoms with E-state index >= 15 is 0 Å². The minimum Gasteiger partial charge on any atom is -0.396 e. The van der Waals surface area contributed by atoms with Gasteiger partial charge in [-0.15, -0.1) is 0 Å². The van der Waals surface area contributed by atoms with Crippen molar-refractivity contribution in [2.45, 2.75) is 18.9 Å². The van der Waals surface area contributed by atoms with Gasteiger partial charge in [-0.1, -0.05) is 0 Å².